The van der Waals surface area contributed by atoms with Crippen molar-refractivity contribution in [2.24, 2.45) is 11.3 Å². The summed E-state index contributed by atoms with van der Waals surface area (Å²) in [5, 5.41) is 3.08. The van der Waals surface area contributed by atoms with Crippen molar-refractivity contribution in [3.05, 3.63) is 35.0 Å². The van der Waals surface area contributed by atoms with Crippen LogP contribution in [0.2, 0.25) is 0 Å². The average molecular weight is 536 g/mol. The third-order valence-corrected chi connectivity index (χ3v) is 8.91. The number of hydrogen-bond acceptors (Lipinski definition) is 7. The smallest absolute Gasteiger partial charge is 0.257 e. The van der Waals surface area contributed by atoms with Gasteiger partial charge in [0.2, 0.25) is 10.0 Å². The quantitative estimate of drug-likeness (QED) is 0.344. The highest BCUT2D eigenvalue weighted by Gasteiger charge is 2.63. The van der Waals surface area contributed by atoms with Gasteiger partial charge in [-0.3, -0.25) is 14.3 Å². The Bertz CT molecular complexity index is 1640. The van der Waals surface area contributed by atoms with E-state index in [1.54, 1.807) is 17.2 Å². The minimum absolute atomic E-state index is 0.175. The molecule has 3 heterocycles. The Morgan fingerprint density at radius 1 is 1.29 bits per heavy atom. The summed E-state index contributed by atoms with van der Waals surface area (Å²) >= 11 is 0. The van der Waals surface area contributed by atoms with Gasteiger partial charge in [-0.05, 0) is 54.7 Å². The molecule has 7 rings (SSSR count). The Kier molecular flexibility index (Phi) is 4.89. The van der Waals surface area contributed by atoms with E-state index >= 15 is 0 Å². The van der Waals surface area contributed by atoms with Gasteiger partial charge in [0.05, 0.1) is 29.4 Å². The number of nitrogens with two attached hydrogens (primary N) is 1. The second-order valence-corrected chi connectivity index (χ2v) is 13.1. The number of anilines is 2. The number of nitrogens with zero attached hydrogens (tertiary/aromatic N) is 3. The molecule has 1 aromatic carbocycles. The molecule has 1 spiro atoms. The standard InChI is InChI=1S/C26H29N7O4S/c1-38(36,37)32-16-9-14(8-15-12-33(25(35)19(15)16)7-4-13-2-3-13)17-11-28-23-21(29-17)20(22(27)31-23)24(34)30-18-10-26(18)5-6-26/h8-9,11,13,18,32H,2-7,10,12,27H2,1H3,(H,28,31)(H,30,34). The summed E-state index contributed by atoms with van der Waals surface area (Å²) < 4.78 is 26.9. The molecule has 3 aromatic rings. The van der Waals surface area contributed by atoms with Gasteiger partial charge < -0.3 is 20.9 Å². The van der Waals surface area contributed by atoms with Gasteiger partial charge in [0.25, 0.3) is 11.8 Å². The zero-order valence-electron chi connectivity index (χ0n) is 21.0. The maximum Gasteiger partial charge on any atom is 0.257 e. The maximum absolute atomic E-state index is 13.2. The second-order valence-electron chi connectivity index (χ2n) is 11.3. The first-order chi connectivity index (χ1) is 18.1. The van der Waals surface area contributed by atoms with Crippen molar-refractivity contribution in [1.29, 1.82) is 0 Å². The predicted molar refractivity (Wildman–Crippen MR) is 142 cm³/mol. The van der Waals surface area contributed by atoms with Gasteiger partial charge >= 0.3 is 0 Å². The zero-order valence-corrected chi connectivity index (χ0v) is 21.8. The van der Waals surface area contributed by atoms with Crippen molar-refractivity contribution in [2.45, 2.75) is 51.1 Å². The van der Waals surface area contributed by atoms with Gasteiger partial charge in [-0.1, -0.05) is 12.8 Å². The maximum atomic E-state index is 13.2. The monoisotopic (exact) mass is 535 g/mol. The van der Waals surface area contributed by atoms with E-state index in [2.05, 4.69) is 20.0 Å². The molecular weight excluding hydrogens is 506 g/mol. The highest BCUT2D eigenvalue weighted by molar-refractivity contribution is 7.92. The van der Waals surface area contributed by atoms with Gasteiger partial charge in [0, 0.05) is 24.7 Å². The number of aromatic nitrogens is 3. The number of sulfonamides is 1. The van der Waals surface area contributed by atoms with E-state index in [1.165, 1.54) is 12.8 Å². The van der Waals surface area contributed by atoms with E-state index < -0.39 is 10.0 Å². The average Bonchev–Trinajstić information content (AvgIpc) is 3.79. The molecule has 198 valence electrons. The van der Waals surface area contributed by atoms with E-state index in [4.69, 9.17) is 10.7 Å². The first-order valence-corrected chi connectivity index (χ1v) is 14.9. The van der Waals surface area contributed by atoms with Gasteiger partial charge in [-0.15, -0.1) is 0 Å². The highest BCUT2D eigenvalue weighted by Crippen LogP contribution is 2.65. The molecule has 3 aliphatic carbocycles. The van der Waals surface area contributed by atoms with Crippen LogP contribution in [0.15, 0.2) is 18.3 Å². The minimum Gasteiger partial charge on any atom is -0.384 e. The molecule has 4 aliphatic rings. The predicted octanol–water partition coefficient (Wildman–Crippen LogP) is 2.62. The SMILES string of the molecule is CS(=O)(=O)Nc1cc(-c2cnc3[nH]c(N)c(C(=O)NC4CC45CC5)c3n2)cc2c1C(=O)N(CCC1CC1)C2. The lowest BCUT2D eigenvalue weighted by molar-refractivity contribution is 0.0775. The van der Waals surface area contributed by atoms with E-state index in [0.29, 0.717) is 52.4 Å². The summed E-state index contributed by atoms with van der Waals surface area (Å²) in [4.78, 5) is 40.2. The summed E-state index contributed by atoms with van der Waals surface area (Å²) in [6, 6.07) is 3.64. The zero-order chi connectivity index (χ0) is 26.4. The largest absolute Gasteiger partial charge is 0.384 e. The van der Waals surface area contributed by atoms with Crippen LogP contribution in [-0.2, 0) is 16.6 Å². The number of nitrogens with one attached hydrogen (secondary N) is 3. The third kappa shape index (κ3) is 4.07. The van der Waals surface area contributed by atoms with Crippen molar-refractivity contribution >= 4 is 44.5 Å². The molecule has 38 heavy (non-hydrogen) atoms. The molecule has 2 aromatic heterocycles. The lowest BCUT2D eigenvalue weighted by atomic mass is 10.0. The minimum atomic E-state index is -3.64. The summed E-state index contributed by atoms with van der Waals surface area (Å²) in [5.41, 5.74) is 9.81. The fourth-order valence-electron chi connectivity index (χ4n) is 5.71. The van der Waals surface area contributed by atoms with Gasteiger partial charge in [0.15, 0.2) is 5.65 Å². The van der Waals surface area contributed by atoms with Crippen molar-refractivity contribution in [3.8, 4) is 11.3 Å². The lowest BCUT2D eigenvalue weighted by Gasteiger charge is -2.15. The number of hydrogen-bond donors (Lipinski definition) is 4. The van der Waals surface area contributed by atoms with E-state index in [9.17, 15) is 18.0 Å². The number of nitrogen functional groups attached to an aromatic ring is 1. The number of fused-ring (bicyclic) bond motifs is 2. The van der Waals surface area contributed by atoms with Gasteiger partial charge in [-0.2, -0.15) is 0 Å². The molecular formula is C26H29N7O4S. The van der Waals surface area contributed by atoms with E-state index in [0.717, 1.165) is 37.5 Å². The van der Waals surface area contributed by atoms with Crippen LogP contribution >= 0.6 is 0 Å². The van der Waals surface area contributed by atoms with Gasteiger partial charge in [0.1, 0.15) is 16.9 Å². The van der Waals surface area contributed by atoms with Crippen molar-refractivity contribution in [3.63, 3.8) is 0 Å². The first-order valence-electron chi connectivity index (χ1n) is 13.0. The first kappa shape index (κ1) is 23.4. The van der Waals surface area contributed by atoms with Crippen LogP contribution in [0.3, 0.4) is 0 Å². The molecule has 1 atom stereocenters. The van der Waals surface area contributed by atoms with Crippen LogP contribution in [0, 0.1) is 11.3 Å². The molecule has 11 nitrogen and oxygen atoms in total. The van der Waals surface area contributed by atoms with E-state index in [-0.39, 0.29) is 34.9 Å². The number of rotatable bonds is 8. The van der Waals surface area contributed by atoms with Crippen molar-refractivity contribution in [2.75, 3.05) is 23.3 Å². The van der Waals surface area contributed by atoms with Gasteiger partial charge in [-0.25, -0.2) is 18.4 Å². The summed E-state index contributed by atoms with van der Waals surface area (Å²) in [6.45, 7) is 1.04. The Morgan fingerprint density at radius 3 is 2.76 bits per heavy atom. The topological polar surface area (TPSA) is 163 Å². The number of amides is 2. The highest BCUT2D eigenvalue weighted by atomic mass is 32.2. The van der Waals surface area contributed by atoms with Crippen LogP contribution in [-0.4, -0.2) is 58.9 Å². The number of aromatic amines is 1. The summed E-state index contributed by atoms with van der Waals surface area (Å²) in [6.07, 6.45) is 9.25. The molecule has 12 heteroatoms. The third-order valence-electron chi connectivity index (χ3n) is 8.32. The molecule has 0 bridgehead atoms. The second kappa shape index (κ2) is 7.92. The number of benzene rings is 1. The Morgan fingerprint density at radius 2 is 2.08 bits per heavy atom. The Balaban J connectivity index is 1.25. The fourth-order valence-corrected chi connectivity index (χ4v) is 6.27. The van der Waals surface area contributed by atoms with Crippen LogP contribution in [0.25, 0.3) is 22.4 Å². The number of carbonyl (C=O) groups is 2. The molecule has 2 amide bonds. The Hall–Kier alpha value is -3.67. The van der Waals surface area contributed by atoms with Crippen molar-refractivity contribution < 1.29 is 18.0 Å². The van der Waals surface area contributed by atoms with Crippen LogP contribution in [0.4, 0.5) is 11.5 Å². The molecule has 1 aliphatic heterocycles. The summed E-state index contributed by atoms with van der Waals surface area (Å²) in [5.74, 6) is 0.419. The fraction of sp³-hybridized carbons (Fsp3) is 0.462. The molecule has 0 radical (unpaired) electrons. The summed E-state index contributed by atoms with van der Waals surface area (Å²) in [7, 11) is -3.64. The Labute approximate surface area is 219 Å². The molecule has 5 N–H and O–H groups in total. The van der Waals surface area contributed by atoms with Crippen LogP contribution in [0.1, 0.15) is 64.8 Å². The number of H-pyrrole nitrogens is 1. The lowest BCUT2D eigenvalue weighted by Crippen LogP contribution is -2.27. The normalized spacial score (nSPS) is 21.1. The molecule has 0 saturated heterocycles. The van der Waals surface area contributed by atoms with Crippen LogP contribution < -0.4 is 15.8 Å². The molecule has 3 fully saturated rings. The molecule has 3 saturated carbocycles. The van der Waals surface area contributed by atoms with Crippen molar-refractivity contribution in [1.82, 2.24) is 25.2 Å². The van der Waals surface area contributed by atoms with E-state index in [1.807, 2.05) is 6.07 Å². The molecule has 1 unspecified atom stereocenters. The number of carbonyl (C=O) groups excluding carboxylic acids is 2. The van der Waals surface area contributed by atoms with Crippen LogP contribution in [0.5, 0.6) is 0 Å².